The Morgan fingerprint density at radius 1 is 1.38 bits per heavy atom. The molecule has 0 bridgehead atoms. The SMILES string of the molecule is C/C(F)=C(/CBr)Sc1ccccc1. The molecule has 0 heterocycles. The molecule has 0 aliphatic carbocycles. The average Bonchev–Trinajstić information content (AvgIpc) is 2.15. The number of thioether (sulfide) groups is 1. The first-order valence-electron chi connectivity index (χ1n) is 3.88. The number of halogens is 2. The van der Waals surface area contributed by atoms with Crippen LogP contribution in [0.2, 0.25) is 0 Å². The topological polar surface area (TPSA) is 0 Å². The van der Waals surface area contributed by atoms with Gasteiger partial charge in [-0.2, -0.15) is 0 Å². The largest absolute Gasteiger partial charge is 0.211 e. The van der Waals surface area contributed by atoms with Gasteiger partial charge in [0, 0.05) is 15.1 Å². The highest BCUT2D eigenvalue weighted by molar-refractivity contribution is 9.09. The summed E-state index contributed by atoms with van der Waals surface area (Å²) in [4.78, 5) is 1.79. The van der Waals surface area contributed by atoms with Crippen LogP contribution in [-0.4, -0.2) is 5.33 Å². The second kappa shape index (κ2) is 5.45. The fourth-order valence-corrected chi connectivity index (χ4v) is 2.32. The molecule has 0 aromatic heterocycles. The minimum absolute atomic E-state index is 0.120. The molecule has 0 saturated carbocycles. The molecule has 0 nitrogen and oxygen atoms in total. The Morgan fingerprint density at radius 3 is 2.46 bits per heavy atom. The van der Waals surface area contributed by atoms with Gasteiger partial charge in [0.05, 0.1) is 0 Å². The molecule has 0 unspecified atom stereocenters. The van der Waals surface area contributed by atoms with Crippen LogP contribution in [0.15, 0.2) is 46.0 Å². The molecule has 1 rings (SSSR count). The van der Waals surface area contributed by atoms with Gasteiger partial charge in [-0.05, 0) is 19.1 Å². The van der Waals surface area contributed by atoms with Gasteiger partial charge in [0.15, 0.2) is 0 Å². The van der Waals surface area contributed by atoms with Gasteiger partial charge in [0.1, 0.15) is 5.83 Å². The second-order valence-electron chi connectivity index (χ2n) is 2.51. The van der Waals surface area contributed by atoms with Crippen molar-refractivity contribution < 1.29 is 4.39 Å². The minimum atomic E-state index is -0.120. The highest BCUT2D eigenvalue weighted by Crippen LogP contribution is 2.30. The van der Waals surface area contributed by atoms with Gasteiger partial charge in [-0.3, -0.25) is 0 Å². The van der Waals surface area contributed by atoms with E-state index in [1.54, 1.807) is 0 Å². The first-order chi connectivity index (χ1) is 6.24. The van der Waals surface area contributed by atoms with Gasteiger partial charge in [0.2, 0.25) is 0 Å². The predicted molar refractivity (Wildman–Crippen MR) is 59.9 cm³/mol. The lowest BCUT2D eigenvalue weighted by atomic mass is 10.4. The number of alkyl halides is 1. The minimum Gasteiger partial charge on any atom is -0.211 e. The fourth-order valence-electron chi connectivity index (χ4n) is 0.820. The van der Waals surface area contributed by atoms with Crippen molar-refractivity contribution in [3.8, 4) is 0 Å². The third-order valence-corrected chi connectivity index (χ3v) is 3.60. The average molecular weight is 261 g/mol. The van der Waals surface area contributed by atoms with Crippen molar-refractivity contribution in [3.63, 3.8) is 0 Å². The van der Waals surface area contributed by atoms with E-state index in [4.69, 9.17) is 0 Å². The molecule has 70 valence electrons. The van der Waals surface area contributed by atoms with Gasteiger partial charge in [-0.1, -0.05) is 45.9 Å². The van der Waals surface area contributed by atoms with E-state index in [1.807, 2.05) is 30.3 Å². The number of benzene rings is 1. The van der Waals surface area contributed by atoms with Crippen LogP contribution in [0, 0.1) is 0 Å². The Balaban J connectivity index is 2.74. The quantitative estimate of drug-likeness (QED) is 0.575. The number of hydrogen-bond acceptors (Lipinski definition) is 1. The van der Waals surface area contributed by atoms with E-state index >= 15 is 0 Å². The van der Waals surface area contributed by atoms with Crippen molar-refractivity contribution in [2.75, 3.05) is 5.33 Å². The molecule has 0 saturated heterocycles. The fraction of sp³-hybridized carbons (Fsp3) is 0.200. The third-order valence-electron chi connectivity index (χ3n) is 1.49. The van der Waals surface area contributed by atoms with Crippen LogP contribution in [0.1, 0.15) is 6.92 Å². The van der Waals surface area contributed by atoms with Crippen molar-refractivity contribution in [1.29, 1.82) is 0 Å². The normalized spacial score (nSPS) is 12.5. The highest BCUT2D eigenvalue weighted by atomic mass is 79.9. The first kappa shape index (κ1) is 10.8. The molecule has 0 spiro atoms. The summed E-state index contributed by atoms with van der Waals surface area (Å²) in [5.41, 5.74) is 0. The van der Waals surface area contributed by atoms with Crippen LogP contribution < -0.4 is 0 Å². The van der Waals surface area contributed by atoms with Gasteiger partial charge in [-0.25, -0.2) is 4.39 Å². The summed E-state index contributed by atoms with van der Waals surface area (Å²) in [5.74, 6) is -0.120. The molecule has 1 aromatic rings. The van der Waals surface area contributed by atoms with Crippen LogP contribution in [-0.2, 0) is 0 Å². The lowest BCUT2D eigenvalue weighted by Crippen LogP contribution is -1.81. The number of hydrogen-bond donors (Lipinski definition) is 0. The smallest absolute Gasteiger partial charge is 0.107 e. The molecule has 13 heavy (non-hydrogen) atoms. The summed E-state index contributed by atoms with van der Waals surface area (Å²) in [6.07, 6.45) is 0. The molecule has 0 aliphatic heterocycles. The molecule has 1 aromatic carbocycles. The summed E-state index contributed by atoms with van der Waals surface area (Å²) < 4.78 is 12.9. The Hall–Kier alpha value is -0.280. The van der Waals surface area contributed by atoms with E-state index < -0.39 is 0 Å². The molecule has 0 atom stereocenters. The van der Waals surface area contributed by atoms with Crippen LogP contribution >= 0.6 is 27.7 Å². The molecule has 0 aliphatic rings. The van der Waals surface area contributed by atoms with E-state index in [9.17, 15) is 4.39 Å². The predicted octanol–water partition coefficient (Wildman–Crippen LogP) is 4.37. The van der Waals surface area contributed by atoms with E-state index in [1.165, 1.54) is 18.7 Å². The second-order valence-corrected chi connectivity index (χ2v) is 4.23. The zero-order chi connectivity index (χ0) is 9.68. The monoisotopic (exact) mass is 260 g/mol. The van der Waals surface area contributed by atoms with Crippen molar-refractivity contribution in [1.82, 2.24) is 0 Å². The molecular weight excluding hydrogens is 251 g/mol. The maximum Gasteiger partial charge on any atom is 0.107 e. The highest BCUT2D eigenvalue weighted by Gasteiger charge is 2.02. The molecule has 0 radical (unpaired) electrons. The molecule has 3 heteroatoms. The zero-order valence-electron chi connectivity index (χ0n) is 7.26. The number of allylic oxidation sites excluding steroid dienone is 2. The maximum absolute atomic E-state index is 12.9. The maximum atomic E-state index is 12.9. The van der Waals surface area contributed by atoms with Gasteiger partial charge in [-0.15, -0.1) is 0 Å². The van der Waals surface area contributed by atoms with E-state index in [2.05, 4.69) is 15.9 Å². The first-order valence-corrected chi connectivity index (χ1v) is 5.82. The van der Waals surface area contributed by atoms with Crippen molar-refractivity contribution in [2.24, 2.45) is 0 Å². The Morgan fingerprint density at radius 2 is 2.00 bits per heavy atom. The standard InChI is InChI=1S/C10H10BrFS/c1-8(12)10(7-11)13-9-5-3-2-4-6-9/h2-6H,7H2,1H3/b10-8+. The lowest BCUT2D eigenvalue weighted by molar-refractivity contribution is 0.636. The Kier molecular flexibility index (Phi) is 4.53. The lowest BCUT2D eigenvalue weighted by Gasteiger charge is -2.03. The van der Waals surface area contributed by atoms with E-state index in [0.717, 1.165) is 9.80 Å². The summed E-state index contributed by atoms with van der Waals surface area (Å²) >= 11 is 4.71. The van der Waals surface area contributed by atoms with Crippen molar-refractivity contribution in [2.45, 2.75) is 11.8 Å². The number of rotatable bonds is 3. The molecule has 0 fully saturated rings. The summed E-state index contributed by atoms with van der Waals surface area (Å²) in [5, 5.41) is 0.564. The summed E-state index contributed by atoms with van der Waals surface area (Å²) in [6, 6.07) is 9.78. The van der Waals surface area contributed by atoms with Crippen LogP contribution in [0.25, 0.3) is 0 Å². The molecule has 0 N–H and O–H groups in total. The zero-order valence-corrected chi connectivity index (χ0v) is 9.66. The van der Waals surface area contributed by atoms with E-state index in [-0.39, 0.29) is 5.83 Å². The van der Waals surface area contributed by atoms with Crippen LogP contribution in [0.4, 0.5) is 4.39 Å². The van der Waals surface area contributed by atoms with Crippen molar-refractivity contribution in [3.05, 3.63) is 41.1 Å². The summed E-state index contributed by atoms with van der Waals surface area (Å²) in [6.45, 7) is 1.48. The van der Waals surface area contributed by atoms with E-state index in [0.29, 0.717) is 5.33 Å². The van der Waals surface area contributed by atoms with Crippen molar-refractivity contribution >= 4 is 27.7 Å². The van der Waals surface area contributed by atoms with Gasteiger partial charge < -0.3 is 0 Å². The van der Waals surface area contributed by atoms with Crippen LogP contribution in [0.3, 0.4) is 0 Å². The molecular formula is C10H10BrFS. The van der Waals surface area contributed by atoms with Crippen LogP contribution in [0.5, 0.6) is 0 Å². The summed E-state index contributed by atoms with van der Waals surface area (Å²) in [7, 11) is 0. The Labute approximate surface area is 90.4 Å². The molecule has 0 amide bonds. The van der Waals surface area contributed by atoms with Gasteiger partial charge in [0.25, 0.3) is 0 Å². The van der Waals surface area contributed by atoms with Gasteiger partial charge >= 0.3 is 0 Å². The Bertz CT molecular complexity index is 291. The third kappa shape index (κ3) is 3.53.